The zero-order valence-electron chi connectivity index (χ0n) is 7.92. The molecule has 1 aliphatic carbocycles. The van der Waals surface area contributed by atoms with Gasteiger partial charge in [0.2, 0.25) is 0 Å². The summed E-state index contributed by atoms with van der Waals surface area (Å²) in [6.07, 6.45) is 6.64. The molecule has 0 radical (unpaired) electrons. The van der Waals surface area contributed by atoms with Gasteiger partial charge < -0.3 is 11.1 Å². The summed E-state index contributed by atoms with van der Waals surface area (Å²) in [6, 6.07) is 0.504. The highest BCUT2D eigenvalue weighted by atomic mass is 35.5. The lowest BCUT2D eigenvalue weighted by Crippen LogP contribution is -2.45. The van der Waals surface area contributed by atoms with E-state index in [4.69, 9.17) is 5.73 Å². The monoisotopic (exact) mass is 226 g/mol. The fourth-order valence-corrected chi connectivity index (χ4v) is 2.71. The molecule has 13 heavy (non-hydrogen) atoms. The van der Waals surface area contributed by atoms with Crippen LogP contribution in [0.2, 0.25) is 0 Å². The van der Waals surface area contributed by atoms with Crippen molar-refractivity contribution in [3.63, 3.8) is 0 Å². The van der Waals surface area contributed by atoms with Gasteiger partial charge in [0.05, 0.1) is 0 Å². The number of rotatable bonds is 0. The Labute approximate surface area is 92.8 Å². The molecule has 0 aromatic rings. The number of nitrogens with two attached hydrogens (primary N) is 1. The van der Waals surface area contributed by atoms with Gasteiger partial charge in [0.1, 0.15) is 0 Å². The van der Waals surface area contributed by atoms with Gasteiger partial charge in [-0.2, -0.15) is 0 Å². The second kappa shape index (κ2) is 5.40. The molecule has 2 fully saturated rings. The van der Waals surface area contributed by atoms with E-state index >= 15 is 0 Å². The van der Waals surface area contributed by atoms with Crippen LogP contribution in [-0.4, -0.2) is 19.1 Å². The average molecular weight is 227 g/mol. The van der Waals surface area contributed by atoms with Gasteiger partial charge in [-0.05, 0) is 44.2 Å². The molecule has 2 rings (SSSR count). The molecular weight excluding hydrogens is 207 g/mol. The molecule has 1 heterocycles. The van der Waals surface area contributed by atoms with Gasteiger partial charge in [0.25, 0.3) is 0 Å². The molecule has 0 aromatic carbocycles. The normalized spacial score (nSPS) is 30.7. The molecule has 4 heteroatoms. The molecular formula is C9H20Cl2N2. The van der Waals surface area contributed by atoms with Crippen LogP contribution < -0.4 is 11.1 Å². The van der Waals surface area contributed by atoms with E-state index < -0.39 is 0 Å². The fraction of sp³-hybridized carbons (Fsp3) is 1.00. The first-order valence-electron chi connectivity index (χ1n) is 4.80. The third kappa shape index (κ3) is 2.50. The molecule has 2 nitrogen and oxygen atoms in total. The lowest BCUT2D eigenvalue weighted by Gasteiger charge is -2.37. The lowest BCUT2D eigenvalue weighted by atomic mass is 9.75. The van der Waals surface area contributed by atoms with E-state index in [1.54, 1.807) is 0 Å². The lowest BCUT2D eigenvalue weighted by molar-refractivity contribution is 0.183. The molecule has 1 saturated carbocycles. The van der Waals surface area contributed by atoms with Crippen molar-refractivity contribution in [1.29, 1.82) is 0 Å². The van der Waals surface area contributed by atoms with Crippen molar-refractivity contribution < 1.29 is 0 Å². The van der Waals surface area contributed by atoms with Crippen LogP contribution in [0.3, 0.4) is 0 Å². The Bertz CT molecular complexity index is 147. The highest BCUT2D eigenvalue weighted by molar-refractivity contribution is 5.85. The van der Waals surface area contributed by atoms with E-state index in [2.05, 4.69) is 5.32 Å². The summed E-state index contributed by atoms with van der Waals surface area (Å²) >= 11 is 0. The Morgan fingerprint density at radius 3 is 2.15 bits per heavy atom. The Hall–Kier alpha value is 0.500. The van der Waals surface area contributed by atoms with E-state index in [-0.39, 0.29) is 24.8 Å². The molecule has 0 bridgehead atoms. The SMILES string of the molecule is Cl.Cl.N[C@@H]1CCCC12CCNCC2. The first-order chi connectivity index (χ1) is 5.33. The van der Waals surface area contributed by atoms with Crippen molar-refractivity contribution in [2.75, 3.05) is 13.1 Å². The summed E-state index contributed by atoms with van der Waals surface area (Å²) in [5.74, 6) is 0. The quantitative estimate of drug-likeness (QED) is 0.661. The smallest absolute Gasteiger partial charge is 0.00965 e. The van der Waals surface area contributed by atoms with Crippen LogP contribution in [0.5, 0.6) is 0 Å². The standard InChI is InChI=1S/C9H18N2.2ClH/c10-8-2-1-3-9(8)4-6-11-7-5-9;;/h8,11H,1-7,10H2;2*1H/t8-;;/m1../s1. The number of nitrogens with one attached hydrogen (secondary N) is 1. The first kappa shape index (κ1) is 13.5. The number of piperidine rings is 1. The number of hydrogen-bond acceptors (Lipinski definition) is 2. The predicted octanol–water partition coefficient (Wildman–Crippen LogP) is 1.71. The van der Waals surface area contributed by atoms with Gasteiger partial charge in [-0.3, -0.25) is 0 Å². The van der Waals surface area contributed by atoms with Gasteiger partial charge in [-0.1, -0.05) is 6.42 Å². The summed E-state index contributed by atoms with van der Waals surface area (Å²) in [5, 5.41) is 3.40. The maximum Gasteiger partial charge on any atom is 0.00965 e. The Morgan fingerprint density at radius 1 is 1.08 bits per heavy atom. The zero-order valence-corrected chi connectivity index (χ0v) is 9.55. The third-order valence-corrected chi connectivity index (χ3v) is 3.58. The van der Waals surface area contributed by atoms with Crippen LogP contribution in [0.1, 0.15) is 32.1 Å². The minimum absolute atomic E-state index is 0. The van der Waals surface area contributed by atoms with Crippen LogP contribution in [0.15, 0.2) is 0 Å². The molecule has 80 valence electrons. The molecule has 0 aromatic heterocycles. The topological polar surface area (TPSA) is 38.0 Å². The van der Waals surface area contributed by atoms with Crippen LogP contribution in [0, 0.1) is 5.41 Å². The number of halogens is 2. The van der Waals surface area contributed by atoms with Crippen molar-refractivity contribution in [3.05, 3.63) is 0 Å². The van der Waals surface area contributed by atoms with E-state index in [0.717, 1.165) is 0 Å². The van der Waals surface area contributed by atoms with Crippen LogP contribution in [0.4, 0.5) is 0 Å². The van der Waals surface area contributed by atoms with E-state index in [9.17, 15) is 0 Å². The van der Waals surface area contributed by atoms with Gasteiger partial charge in [-0.15, -0.1) is 24.8 Å². The number of hydrogen-bond donors (Lipinski definition) is 2. The molecule has 3 N–H and O–H groups in total. The molecule has 1 aliphatic heterocycles. The van der Waals surface area contributed by atoms with Gasteiger partial charge in [0.15, 0.2) is 0 Å². The fourth-order valence-electron chi connectivity index (χ4n) is 2.71. The van der Waals surface area contributed by atoms with Crippen molar-refractivity contribution in [1.82, 2.24) is 5.32 Å². The summed E-state index contributed by atoms with van der Waals surface area (Å²) < 4.78 is 0. The molecule has 1 saturated heterocycles. The van der Waals surface area contributed by atoms with Crippen LogP contribution >= 0.6 is 24.8 Å². The van der Waals surface area contributed by atoms with Crippen molar-refractivity contribution >= 4 is 24.8 Å². The maximum absolute atomic E-state index is 6.12. The minimum Gasteiger partial charge on any atom is -0.327 e. The van der Waals surface area contributed by atoms with Crippen LogP contribution in [0.25, 0.3) is 0 Å². The highest BCUT2D eigenvalue weighted by Gasteiger charge is 2.40. The van der Waals surface area contributed by atoms with E-state index in [1.165, 1.54) is 45.2 Å². The van der Waals surface area contributed by atoms with Crippen molar-refractivity contribution in [2.45, 2.75) is 38.1 Å². The Kier molecular flexibility index (Phi) is 5.61. The molecule has 0 unspecified atom stereocenters. The second-order valence-corrected chi connectivity index (χ2v) is 4.11. The van der Waals surface area contributed by atoms with Gasteiger partial charge >= 0.3 is 0 Å². The molecule has 2 aliphatic rings. The zero-order chi connectivity index (χ0) is 7.73. The molecule has 1 spiro atoms. The maximum atomic E-state index is 6.12. The van der Waals surface area contributed by atoms with Crippen molar-refractivity contribution in [2.24, 2.45) is 11.1 Å². The first-order valence-corrected chi connectivity index (χ1v) is 4.80. The van der Waals surface area contributed by atoms with Gasteiger partial charge in [0, 0.05) is 6.04 Å². The Morgan fingerprint density at radius 2 is 1.69 bits per heavy atom. The highest BCUT2D eigenvalue weighted by Crippen LogP contribution is 2.43. The van der Waals surface area contributed by atoms with E-state index in [0.29, 0.717) is 11.5 Å². The Balaban J connectivity index is 0.000000720. The second-order valence-electron chi connectivity index (χ2n) is 4.11. The third-order valence-electron chi connectivity index (χ3n) is 3.58. The molecule has 0 amide bonds. The summed E-state index contributed by atoms with van der Waals surface area (Å²) in [4.78, 5) is 0. The summed E-state index contributed by atoms with van der Waals surface area (Å²) in [5.41, 5.74) is 6.66. The minimum atomic E-state index is 0. The summed E-state index contributed by atoms with van der Waals surface area (Å²) in [7, 11) is 0. The largest absolute Gasteiger partial charge is 0.327 e. The van der Waals surface area contributed by atoms with Gasteiger partial charge in [-0.25, -0.2) is 0 Å². The summed E-state index contributed by atoms with van der Waals surface area (Å²) in [6.45, 7) is 2.38. The molecule has 1 atom stereocenters. The van der Waals surface area contributed by atoms with Crippen LogP contribution in [-0.2, 0) is 0 Å². The predicted molar refractivity (Wildman–Crippen MR) is 60.9 cm³/mol. The van der Waals surface area contributed by atoms with Crippen molar-refractivity contribution in [3.8, 4) is 0 Å². The van der Waals surface area contributed by atoms with E-state index in [1.807, 2.05) is 0 Å². The average Bonchev–Trinajstić information content (AvgIpc) is 2.36.